The van der Waals surface area contributed by atoms with Gasteiger partial charge in [-0.05, 0) is 0 Å². The van der Waals surface area contributed by atoms with Crippen molar-refractivity contribution in [2.75, 3.05) is 0 Å². The Kier molecular flexibility index (Phi) is 291. The summed E-state index contributed by atoms with van der Waals surface area (Å²) >= 11 is -1.65. The Morgan fingerprint density at radius 3 is 0.538 bits per heavy atom. The largest absolute Gasteiger partial charge is 0.214 e. The summed E-state index contributed by atoms with van der Waals surface area (Å²) in [6.07, 6.45) is 0. The van der Waals surface area contributed by atoms with Crippen molar-refractivity contribution >= 4 is 34.1 Å². The average Bonchev–Trinajstić information content (AvgIpc) is 3.00. The molecule has 0 heterocycles. The van der Waals surface area contributed by atoms with Gasteiger partial charge in [-0.15, -0.1) is 0 Å². The minimum absolute atomic E-state index is 0. The molecule has 0 amide bonds. The van der Waals surface area contributed by atoms with E-state index < -0.39 is 41.7 Å². The first-order valence-electron chi connectivity index (χ1n) is 4.09. The van der Waals surface area contributed by atoms with Gasteiger partial charge >= 0.3 is 75.7 Å². The molecule has 0 aliphatic rings. The van der Waals surface area contributed by atoms with Crippen LogP contribution in [0.4, 0.5) is 0 Å². The summed E-state index contributed by atoms with van der Waals surface area (Å²) in [5.74, 6) is 0. The van der Waals surface area contributed by atoms with Crippen molar-refractivity contribution in [3.8, 4) is 0 Å². The summed E-state index contributed by atoms with van der Waals surface area (Å²) < 4.78 is 0. The molecule has 0 saturated carbocycles. The monoisotopic (exact) mass is 600 g/mol. The van der Waals surface area contributed by atoms with Crippen LogP contribution in [0.15, 0.2) is 60.7 Å². The number of rotatable bonds is 0. The Morgan fingerprint density at radius 1 is 0.385 bits per heavy atom. The van der Waals surface area contributed by atoms with Gasteiger partial charge in [-0.3, -0.25) is 0 Å². The van der Waals surface area contributed by atoms with E-state index in [0.29, 0.717) is 0 Å². The zero-order chi connectivity index (χ0) is 12.5. The molecule has 2 rings (SSSR count). The topological polar surface area (TPSA) is 0 Å². The molecule has 0 aliphatic heterocycles. The summed E-state index contributed by atoms with van der Waals surface area (Å²) in [6, 6.07) is 20.0. The Hall–Kier alpha value is 1.63. The van der Waals surface area contributed by atoms with Crippen LogP contribution >= 0.6 is 34.1 Å². The van der Waals surface area contributed by atoms with Crippen molar-refractivity contribution in [1.29, 1.82) is 0 Å². The molecule has 0 saturated heterocycles. The quantitative estimate of drug-likeness (QED) is 0.263. The maximum absolute atomic E-state index is 4.93. The Bertz CT molecular complexity index is 188. The van der Waals surface area contributed by atoms with E-state index in [2.05, 4.69) is 0 Å². The fourth-order valence-corrected chi connectivity index (χ4v) is 0.642. The average molecular weight is 605 g/mol. The van der Waals surface area contributed by atoms with Gasteiger partial charge in [0.15, 0.2) is 0 Å². The van der Waals surface area contributed by atoms with Gasteiger partial charge in [0.2, 0.25) is 0 Å². The Labute approximate surface area is 208 Å². The number of hydrogen-bond acceptors (Lipinski definition) is 0. The van der Waals surface area contributed by atoms with Gasteiger partial charge in [-0.25, -0.2) is 24.3 Å². The third-order valence-corrected chi connectivity index (χ3v) is 1.11. The Morgan fingerprint density at radius 2 is 0.500 bits per heavy atom. The molecule has 168 valence electrons. The van der Waals surface area contributed by atoms with Gasteiger partial charge in [-0.2, -0.15) is 36.4 Å². The van der Waals surface area contributed by atoms with Gasteiger partial charge in [0, 0.05) is 0 Å². The third-order valence-electron chi connectivity index (χ3n) is 1.11. The molecule has 26 heavy (non-hydrogen) atoms. The van der Waals surface area contributed by atoms with Crippen LogP contribution in [-0.2, 0) is 41.7 Å². The predicted molar refractivity (Wildman–Crippen MR) is 132 cm³/mol. The van der Waals surface area contributed by atoms with Crippen LogP contribution in [-0.4, -0.2) is 0 Å². The van der Waals surface area contributed by atoms with Crippen LogP contribution < -0.4 is 0 Å². The molecule has 0 aromatic heterocycles. The molecule has 2 aromatic rings. The van der Waals surface area contributed by atoms with Gasteiger partial charge in [0.05, 0.1) is 0 Å². The van der Waals surface area contributed by atoms with E-state index >= 15 is 0 Å². The molecule has 0 atom stereocenters. The molecule has 0 bridgehead atoms. The number of hydrogen-bond donors (Lipinski definition) is 0. The van der Waals surface area contributed by atoms with Gasteiger partial charge < -0.3 is 74.3 Å². The standard InChI is InChI=1S/2C5H5.10CH3.4ClH.2Zr/c2*1-2-4-5-3-1;;;;;;;;;;;;;;;;/h2*1-5H;10*1H3;4*1H;;/q12*-1;;;;;2*+2/p-4. The van der Waals surface area contributed by atoms with E-state index in [1.807, 2.05) is 60.7 Å². The molecule has 0 N–H and O–H groups in total. The molecule has 2 aromatic carbocycles. The minimum atomic E-state index is -0.826. The Balaban J connectivity index is -0.00000000910. The van der Waals surface area contributed by atoms with E-state index in [-0.39, 0.29) is 74.3 Å². The maximum Gasteiger partial charge on any atom is -0.172 e. The molecule has 0 spiro atoms. The van der Waals surface area contributed by atoms with Gasteiger partial charge in [0.25, 0.3) is 0 Å². The van der Waals surface area contributed by atoms with Crippen molar-refractivity contribution in [3.63, 3.8) is 0 Å². The molecule has 0 unspecified atom stereocenters. The molecule has 0 fully saturated rings. The van der Waals surface area contributed by atoms with E-state index in [4.69, 9.17) is 34.1 Å². The molecule has 0 radical (unpaired) electrons. The van der Waals surface area contributed by atoms with Crippen LogP contribution in [0.25, 0.3) is 0 Å². The summed E-state index contributed by atoms with van der Waals surface area (Å²) in [7, 11) is 19.7. The van der Waals surface area contributed by atoms with Crippen LogP contribution in [0.3, 0.4) is 0 Å². The summed E-state index contributed by atoms with van der Waals surface area (Å²) in [5.41, 5.74) is 0. The fourth-order valence-electron chi connectivity index (χ4n) is 0.642. The first kappa shape index (κ1) is 80.2. The van der Waals surface area contributed by atoms with Crippen LogP contribution in [0, 0.1) is 74.3 Å². The summed E-state index contributed by atoms with van der Waals surface area (Å²) in [5, 5.41) is 0. The van der Waals surface area contributed by atoms with Crippen molar-refractivity contribution in [2.45, 2.75) is 0 Å². The molecular formula is C20H40Cl4Zr2-12. The fraction of sp³-hybridized carbons (Fsp3) is 0. The zero-order valence-electron chi connectivity index (χ0n) is 18.3. The minimum Gasteiger partial charge on any atom is -0.214 e. The first-order valence-corrected chi connectivity index (χ1v) is 16.7. The zero-order valence-corrected chi connectivity index (χ0v) is 26.2. The molecular weight excluding hydrogens is 564 g/mol. The van der Waals surface area contributed by atoms with Crippen molar-refractivity contribution in [2.24, 2.45) is 0 Å². The maximum atomic E-state index is 4.93. The van der Waals surface area contributed by atoms with Crippen LogP contribution in [0.1, 0.15) is 0 Å². The van der Waals surface area contributed by atoms with E-state index in [1.54, 1.807) is 0 Å². The van der Waals surface area contributed by atoms with Gasteiger partial charge in [0.1, 0.15) is 0 Å². The summed E-state index contributed by atoms with van der Waals surface area (Å²) in [4.78, 5) is 0. The van der Waals surface area contributed by atoms with Gasteiger partial charge in [-0.1, -0.05) is 0 Å². The van der Waals surface area contributed by atoms with Crippen LogP contribution in [0.2, 0.25) is 0 Å². The smallest absolute Gasteiger partial charge is 0.172 e. The second-order valence-corrected chi connectivity index (χ2v) is 9.53. The van der Waals surface area contributed by atoms with Crippen molar-refractivity contribution < 1.29 is 41.7 Å². The predicted octanol–water partition coefficient (Wildman–Crippen LogP) is 10.1. The molecule has 6 heteroatoms. The second-order valence-electron chi connectivity index (χ2n) is 2.07. The molecule has 0 nitrogen and oxygen atoms in total. The normalized spacial score (nSPS) is 4.15. The van der Waals surface area contributed by atoms with Crippen LogP contribution in [0.5, 0.6) is 0 Å². The SMILES string of the molecule is [CH3-].[CH3-].[CH3-].[CH3-].[CH3-].[CH3-].[CH3-].[CH3-].[CH3-].[CH3-].[Cl][Zr][Cl].[Cl][Zr][Cl].c1cc[cH-]c1.c1cc[cH-]c1. The van der Waals surface area contributed by atoms with E-state index in [0.717, 1.165) is 0 Å². The van der Waals surface area contributed by atoms with E-state index in [9.17, 15) is 0 Å². The molecule has 0 aliphatic carbocycles. The van der Waals surface area contributed by atoms with Crippen molar-refractivity contribution in [1.82, 2.24) is 0 Å². The first-order chi connectivity index (χ1) is 7.83. The van der Waals surface area contributed by atoms with E-state index in [1.165, 1.54) is 0 Å². The summed E-state index contributed by atoms with van der Waals surface area (Å²) in [6.45, 7) is 0. The number of halogens is 4. The third kappa shape index (κ3) is 115. The second kappa shape index (κ2) is 94.2. The van der Waals surface area contributed by atoms with Crippen molar-refractivity contribution in [3.05, 3.63) is 135 Å².